The van der Waals surface area contributed by atoms with E-state index in [9.17, 15) is 0 Å². The fourth-order valence-electron chi connectivity index (χ4n) is 2.65. The van der Waals surface area contributed by atoms with Crippen LogP contribution in [0.1, 0.15) is 12.8 Å². The Morgan fingerprint density at radius 1 is 1.33 bits per heavy atom. The molecule has 4 heteroatoms. The van der Waals surface area contributed by atoms with E-state index in [2.05, 4.69) is 43.2 Å². The van der Waals surface area contributed by atoms with Gasteiger partial charge in [-0.3, -0.25) is 0 Å². The molecule has 3 nitrogen and oxygen atoms in total. The highest BCUT2D eigenvalue weighted by atomic mass is 79.9. The second kappa shape index (κ2) is 5.22. The van der Waals surface area contributed by atoms with Gasteiger partial charge in [-0.1, -0.05) is 34.1 Å². The standard InChI is InChI=1S/C14H16BrN3/c15-8-11-4-3-7-18(10-11)14-9-16-17-13-6-2-1-5-12(13)14/h1-2,5-6,9,11H,3-4,7-8,10H2. The van der Waals surface area contributed by atoms with Crippen molar-refractivity contribution in [1.29, 1.82) is 0 Å². The largest absolute Gasteiger partial charge is 0.369 e. The van der Waals surface area contributed by atoms with Crippen molar-refractivity contribution in [3.8, 4) is 0 Å². The molecule has 1 atom stereocenters. The molecule has 3 rings (SSSR count). The summed E-state index contributed by atoms with van der Waals surface area (Å²) < 4.78 is 0. The molecule has 0 amide bonds. The lowest BCUT2D eigenvalue weighted by molar-refractivity contribution is 0.455. The predicted octanol–water partition coefficient (Wildman–Crippen LogP) is 3.24. The van der Waals surface area contributed by atoms with Crippen molar-refractivity contribution in [2.45, 2.75) is 12.8 Å². The lowest BCUT2D eigenvalue weighted by Crippen LogP contribution is -2.36. The van der Waals surface area contributed by atoms with Crippen molar-refractivity contribution in [2.75, 3.05) is 23.3 Å². The molecule has 1 unspecified atom stereocenters. The number of aromatic nitrogens is 2. The Bertz CT molecular complexity index is 538. The Balaban J connectivity index is 1.98. The number of fused-ring (bicyclic) bond motifs is 1. The normalized spacial score (nSPS) is 20.3. The number of alkyl halides is 1. The third-order valence-electron chi connectivity index (χ3n) is 3.60. The van der Waals surface area contributed by atoms with Crippen LogP contribution in [-0.4, -0.2) is 28.6 Å². The van der Waals surface area contributed by atoms with Gasteiger partial charge in [-0.05, 0) is 24.8 Å². The first-order chi connectivity index (χ1) is 8.88. The van der Waals surface area contributed by atoms with Gasteiger partial charge in [-0.25, -0.2) is 0 Å². The summed E-state index contributed by atoms with van der Waals surface area (Å²) in [4.78, 5) is 2.45. The van der Waals surface area contributed by atoms with Crippen molar-refractivity contribution in [1.82, 2.24) is 10.2 Å². The number of piperidine rings is 1. The summed E-state index contributed by atoms with van der Waals surface area (Å²) in [5.41, 5.74) is 2.21. The summed E-state index contributed by atoms with van der Waals surface area (Å²) in [6.07, 6.45) is 4.48. The minimum atomic E-state index is 0.741. The van der Waals surface area contributed by atoms with Gasteiger partial charge in [0.05, 0.1) is 17.4 Å². The fraction of sp³-hybridized carbons (Fsp3) is 0.429. The lowest BCUT2D eigenvalue weighted by Gasteiger charge is -2.33. The van der Waals surface area contributed by atoms with Gasteiger partial charge in [-0.15, -0.1) is 0 Å². The highest BCUT2D eigenvalue weighted by Crippen LogP contribution is 2.28. The zero-order valence-electron chi connectivity index (χ0n) is 10.2. The van der Waals surface area contributed by atoms with E-state index in [0.29, 0.717) is 0 Å². The number of anilines is 1. The summed E-state index contributed by atoms with van der Waals surface area (Å²) in [6.45, 7) is 2.24. The first-order valence-corrected chi connectivity index (χ1v) is 7.52. The second-order valence-electron chi connectivity index (χ2n) is 4.86. The SMILES string of the molecule is BrCC1CCCN(c2cnnc3ccccc23)C1. The third-order valence-corrected chi connectivity index (χ3v) is 4.52. The van der Waals surface area contributed by atoms with Crippen LogP contribution < -0.4 is 4.90 Å². The number of halogens is 1. The highest BCUT2D eigenvalue weighted by molar-refractivity contribution is 9.09. The maximum atomic E-state index is 4.19. The van der Waals surface area contributed by atoms with Crippen LogP contribution in [0.5, 0.6) is 0 Å². The molecule has 0 bridgehead atoms. The van der Waals surface area contributed by atoms with Crippen LogP contribution in [0.25, 0.3) is 10.9 Å². The van der Waals surface area contributed by atoms with Crippen molar-refractivity contribution in [2.24, 2.45) is 5.92 Å². The van der Waals surface area contributed by atoms with Crippen LogP contribution in [0, 0.1) is 5.92 Å². The minimum absolute atomic E-state index is 0.741. The summed E-state index contributed by atoms with van der Waals surface area (Å²) in [5, 5.41) is 10.6. The van der Waals surface area contributed by atoms with Gasteiger partial charge in [0.2, 0.25) is 0 Å². The smallest absolute Gasteiger partial charge is 0.0950 e. The Morgan fingerprint density at radius 2 is 2.22 bits per heavy atom. The average Bonchev–Trinajstić information content (AvgIpc) is 2.47. The molecule has 2 aromatic rings. The molecule has 0 N–H and O–H groups in total. The van der Waals surface area contributed by atoms with E-state index < -0.39 is 0 Å². The van der Waals surface area contributed by atoms with Gasteiger partial charge in [0, 0.05) is 23.8 Å². The molecule has 1 aliphatic rings. The molecule has 0 spiro atoms. The number of rotatable bonds is 2. The first-order valence-electron chi connectivity index (χ1n) is 6.40. The van der Waals surface area contributed by atoms with E-state index in [-0.39, 0.29) is 0 Å². The molecule has 18 heavy (non-hydrogen) atoms. The number of hydrogen-bond donors (Lipinski definition) is 0. The van der Waals surface area contributed by atoms with Crippen LogP contribution in [0.4, 0.5) is 5.69 Å². The molecule has 2 heterocycles. The van der Waals surface area contributed by atoms with E-state index in [1.165, 1.54) is 23.9 Å². The molecule has 1 aliphatic heterocycles. The summed E-state index contributed by atoms with van der Waals surface area (Å²) in [5.74, 6) is 0.741. The second-order valence-corrected chi connectivity index (χ2v) is 5.50. The van der Waals surface area contributed by atoms with E-state index in [4.69, 9.17) is 0 Å². The van der Waals surface area contributed by atoms with E-state index in [1.54, 1.807) is 0 Å². The van der Waals surface area contributed by atoms with Gasteiger partial charge >= 0.3 is 0 Å². The highest BCUT2D eigenvalue weighted by Gasteiger charge is 2.20. The number of hydrogen-bond acceptors (Lipinski definition) is 3. The maximum absolute atomic E-state index is 4.19. The Hall–Kier alpha value is -1.16. The molecule has 1 fully saturated rings. The lowest BCUT2D eigenvalue weighted by atomic mass is 9.99. The number of nitrogens with zero attached hydrogens (tertiary/aromatic N) is 3. The summed E-state index contributed by atoms with van der Waals surface area (Å²) in [6, 6.07) is 8.24. The number of benzene rings is 1. The summed E-state index contributed by atoms with van der Waals surface area (Å²) in [7, 11) is 0. The van der Waals surface area contributed by atoms with Crippen LogP contribution in [-0.2, 0) is 0 Å². The van der Waals surface area contributed by atoms with Crippen LogP contribution in [0.3, 0.4) is 0 Å². The molecule has 0 saturated carbocycles. The van der Waals surface area contributed by atoms with E-state index in [1.807, 2.05) is 18.3 Å². The zero-order valence-corrected chi connectivity index (χ0v) is 11.8. The van der Waals surface area contributed by atoms with Crippen LogP contribution >= 0.6 is 15.9 Å². The van der Waals surface area contributed by atoms with Gasteiger partial charge in [0.25, 0.3) is 0 Å². The van der Waals surface area contributed by atoms with Crippen molar-refractivity contribution in [3.05, 3.63) is 30.5 Å². The Kier molecular flexibility index (Phi) is 3.46. The fourth-order valence-corrected chi connectivity index (χ4v) is 3.18. The maximum Gasteiger partial charge on any atom is 0.0950 e. The van der Waals surface area contributed by atoms with E-state index >= 15 is 0 Å². The Morgan fingerprint density at radius 3 is 3.11 bits per heavy atom. The van der Waals surface area contributed by atoms with Crippen molar-refractivity contribution >= 4 is 32.5 Å². The molecule has 0 radical (unpaired) electrons. The molecule has 1 aromatic carbocycles. The Labute approximate surface area is 115 Å². The molecular weight excluding hydrogens is 290 g/mol. The molecule has 0 aliphatic carbocycles. The van der Waals surface area contributed by atoms with Crippen LogP contribution in [0.2, 0.25) is 0 Å². The molecule has 94 valence electrons. The summed E-state index contributed by atoms with van der Waals surface area (Å²) >= 11 is 3.61. The van der Waals surface area contributed by atoms with Crippen molar-refractivity contribution in [3.63, 3.8) is 0 Å². The van der Waals surface area contributed by atoms with Crippen LogP contribution in [0.15, 0.2) is 30.5 Å². The molecule has 1 aromatic heterocycles. The monoisotopic (exact) mass is 305 g/mol. The zero-order chi connectivity index (χ0) is 12.4. The van der Waals surface area contributed by atoms with Crippen molar-refractivity contribution < 1.29 is 0 Å². The first kappa shape index (κ1) is 11.9. The predicted molar refractivity (Wildman–Crippen MR) is 78.3 cm³/mol. The molecule has 1 saturated heterocycles. The van der Waals surface area contributed by atoms with Gasteiger partial charge in [-0.2, -0.15) is 10.2 Å². The topological polar surface area (TPSA) is 29.0 Å². The van der Waals surface area contributed by atoms with Gasteiger partial charge < -0.3 is 4.90 Å². The molecular formula is C14H16BrN3. The quantitative estimate of drug-likeness (QED) is 0.798. The minimum Gasteiger partial charge on any atom is -0.369 e. The van der Waals surface area contributed by atoms with Gasteiger partial charge in [0.1, 0.15) is 0 Å². The third kappa shape index (κ3) is 2.21. The van der Waals surface area contributed by atoms with Gasteiger partial charge in [0.15, 0.2) is 0 Å². The van der Waals surface area contributed by atoms with E-state index in [0.717, 1.165) is 29.9 Å². The average molecular weight is 306 g/mol.